The summed E-state index contributed by atoms with van der Waals surface area (Å²) in [5, 5.41) is 6.26. The zero-order chi connectivity index (χ0) is 19.0. The number of imidazole rings is 1. The molecule has 2 atom stereocenters. The van der Waals surface area contributed by atoms with Crippen molar-refractivity contribution >= 4 is 16.9 Å². The third-order valence-corrected chi connectivity index (χ3v) is 5.05. The molecule has 27 heavy (non-hydrogen) atoms. The second kappa shape index (κ2) is 7.08. The van der Waals surface area contributed by atoms with Crippen LogP contribution in [0.15, 0.2) is 42.5 Å². The predicted molar refractivity (Wildman–Crippen MR) is 97.8 cm³/mol. The molecule has 1 aromatic heterocycles. The molecule has 1 aliphatic rings. The average molecular weight is 370 g/mol. The molecule has 2 N–H and O–H groups in total. The third kappa shape index (κ3) is 3.55. The number of carbonyl (C=O) groups excluding carboxylic acids is 1. The van der Waals surface area contributed by atoms with Gasteiger partial charge in [0.1, 0.15) is 17.5 Å². The van der Waals surface area contributed by atoms with Gasteiger partial charge in [0.2, 0.25) is 5.91 Å². The van der Waals surface area contributed by atoms with Crippen molar-refractivity contribution < 1.29 is 13.6 Å². The number of para-hydroxylation sites is 2. The zero-order valence-corrected chi connectivity index (χ0v) is 14.9. The van der Waals surface area contributed by atoms with Gasteiger partial charge >= 0.3 is 0 Å². The minimum absolute atomic E-state index is 0.120. The van der Waals surface area contributed by atoms with Crippen molar-refractivity contribution in [3.8, 4) is 0 Å². The summed E-state index contributed by atoms with van der Waals surface area (Å²) in [6, 6.07) is 10.6. The number of piperidine rings is 1. The molecule has 2 aromatic carbocycles. The number of amides is 1. The Labute approximate surface area is 155 Å². The lowest BCUT2D eigenvalue weighted by molar-refractivity contribution is -0.123. The Morgan fingerprint density at radius 2 is 1.96 bits per heavy atom. The van der Waals surface area contributed by atoms with Crippen LogP contribution in [0.4, 0.5) is 8.78 Å². The van der Waals surface area contributed by atoms with Crippen LogP contribution in [-0.2, 0) is 18.4 Å². The van der Waals surface area contributed by atoms with E-state index in [4.69, 9.17) is 0 Å². The van der Waals surface area contributed by atoms with Crippen molar-refractivity contribution in [2.45, 2.75) is 31.5 Å². The molecule has 0 radical (unpaired) electrons. The molecule has 1 saturated heterocycles. The van der Waals surface area contributed by atoms with Gasteiger partial charge in [-0.15, -0.1) is 0 Å². The minimum Gasteiger partial charge on any atom is -0.348 e. The van der Waals surface area contributed by atoms with E-state index in [1.807, 2.05) is 35.9 Å². The Balaban J connectivity index is 1.56. The maximum atomic E-state index is 13.6. The standard InChI is InChI=1S/C20H20F2N4O/c1-26-17-5-3-2-4-15(17)24-18(26)11-23-16-6-7-19(27)25-20(16)12-8-13(21)10-14(22)9-12/h2-5,8-10,16,20,23H,6-7,11H2,1H3,(H,25,27)/t16-,20+/m1/s1. The summed E-state index contributed by atoms with van der Waals surface area (Å²) in [5.74, 6) is -0.569. The maximum Gasteiger partial charge on any atom is 0.220 e. The number of nitrogens with one attached hydrogen (secondary N) is 2. The van der Waals surface area contributed by atoms with Crippen molar-refractivity contribution in [3.05, 3.63) is 65.5 Å². The van der Waals surface area contributed by atoms with Crippen LogP contribution in [0.2, 0.25) is 0 Å². The van der Waals surface area contributed by atoms with Crippen LogP contribution >= 0.6 is 0 Å². The van der Waals surface area contributed by atoms with Crippen LogP contribution < -0.4 is 10.6 Å². The summed E-state index contributed by atoms with van der Waals surface area (Å²) in [7, 11) is 1.95. The molecule has 140 valence electrons. The number of benzene rings is 2. The van der Waals surface area contributed by atoms with Crippen LogP contribution in [0, 0.1) is 11.6 Å². The van der Waals surface area contributed by atoms with Gasteiger partial charge in [-0.3, -0.25) is 4.79 Å². The average Bonchev–Trinajstić information content (AvgIpc) is 2.96. The van der Waals surface area contributed by atoms with Gasteiger partial charge in [-0.05, 0) is 36.2 Å². The van der Waals surface area contributed by atoms with Gasteiger partial charge in [-0.1, -0.05) is 12.1 Å². The number of rotatable bonds is 4. The molecular weight excluding hydrogens is 350 g/mol. The normalized spacial score (nSPS) is 20.0. The lowest BCUT2D eigenvalue weighted by Gasteiger charge is -2.33. The van der Waals surface area contributed by atoms with Crippen LogP contribution in [0.5, 0.6) is 0 Å². The van der Waals surface area contributed by atoms with E-state index in [2.05, 4.69) is 15.6 Å². The molecule has 0 saturated carbocycles. The molecule has 0 bridgehead atoms. The van der Waals surface area contributed by atoms with Gasteiger partial charge < -0.3 is 15.2 Å². The molecule has 4 rings (SSSR count). The number of nitrogens with zero attached hydrogens (tertiary/aromatic N) is 2. The molecule has 0 aliphatic carbocycles. The fourth-order valence-corrected chi connectivity index (χ4v) is 3.67. The number of carbonyl (C=O) groups is 1. The van der Waals surface area contributed by atoms with E-state index in [-0.39, 0.29) is 11.9 Å². The zero-order valence-electron chi connectivity index (χ0n) is 14.9. The lowest BCUT2D eigenvalue weighted by Crippen LogP contribution is -2.48. The van der Waals surface area contributed by atoms with E-state index < -0.39 is 17.7 Å². The molecule has 1 aliphatic heterocycles. The minimum atomic E-state index is -0.654. The Morgan fingerprint density at radius 3 is 2.70 bits per heavy atom. The van der Waals surface area contributed by atoms with Crippen molar-refractivity contribution in [2.75, 3.05) is 0 Å². The number of hydrogen-bond donors (Lipinski definition) is 2. The van der Waals surface area contributed by atoms with E-state index in [0.717, 1.165) is 22.9 Å². The number of aromatic nitrogens is 2. The number of hydrogen-bond acceptors (Lipinski definition) is 3. The molecule has 1 amide bonds. The maximum absolute atomic E-state index is 13.6. The van der Waals surface area contributed by atoms with E-state index in [1.165, 1.54) is 12.1 Å². The molecular formula is C20H20F2N4O. The summed E-state index contributed by atoms with van der Waals surface area (Å²) in [6.45, 7) is 0.486. The third-order valence-electron chi connectivity index (χ3n) is 5.05. The highest BCUT2D eigenvalue weighted by atomic mass is 19.1. The van der Waals surface area contributed by atoms with Crippen molar-refractivity contribution in [1.82, 2.24) is 20.2 Å². The first kappa shape index (κ1) is 17.6. The fraction of sp³-hybridized carbons (Fsp3) is 0.300. The van der Waals surface area contributed by atoms with Gasteiger partial charge in [-0.2, -0.15) is 0 Å². The summed E-state index contributed by atoms with van der Waals surface area (Å²) < 4.78 is 29.3. The summed E-state index contributed by atoms with van der Waals surface area (Å²) in [4.78, 5) is 16.5. The van der Waals surface area contributed by atoms with Gasteiger partial charge in [0, 0.05) is 25.6 Å². The molecule has 7 heteroatoms. The number of fused-ring (bicyclic) bond motifs is 1. The predicted octanol–water partition coefficient (Wildman–Crippen LogP) is 2.96. The SMILES string of the molecule is Cn1c(CN[C@@H]2CCC(=O)N[C@H]2c2cc(F)cc(F)c2)nc2ccccc21. The quantitative estimate of drug-likeness (QED) is 0.742. The highest BCUT2D eigenvalue weighted by molar-refractivity contribution is 5.77. The Morgan fingerprint density at radius 1 is 1.22 bits per heavy atom. The van der Waals surface area contributed by atoms with E-state index in [0.29, 0.717) is 24.9 Å². The summed E-state index contributed by atoms with van der Waals surface area (Å²) in [5.41, 5.74) is 2.37. The van der Waals surface area contributed by atoms with E-state index in [1.54, 1.807) is 0 Å². The first-order valence-electron chi connectivity index (χ1n) is 8.90. The first-order chi connectivity index (χ1) is 13.0. The lowest BCUT2D eigenvalue weighted by atomic mass is 9.91. The van der Waals surface area contributed by atoms with E-state index >= 15 is 0 Å². The van der Waals surface area contributed by atoms with Crippen LogP contribution in [0.3, 0.4) is 0 Å². The molecule has 3 aromatic rings. The van der Waals surface area contributed by atoms with Gasteiger partial charge in [0.25, 0.3) is 0 Å². The Hall–Kier alpha value is -2.80. The number of aryl methyl sites for hydroxylation is 1. The van der Waals surface area contributed by atoms with Crippen LogP contribution in [0.25, 0.3) is 11.0 Å². The smallest absolute Gasteiger partial charge is 0.220 e. The monoisotopic (exact) mass is 370 g/mol. The first-order valence-corrected chi connectivity index (χ1v) is 8.90. The van der Waals surface area contributed by atoms with Crippen molar-refractivity contribution in [3.63, 3.8) is 0 Å². The van der Waals surface area contributed by atoms with Crippen LogP contribution in [-0.4, -0.2) is 21.5 Å². The van der Waals surface area contributed by atoms with Crippen LogP contribution in [0.1, 0.15) is 30.3 Å². The second-order valence-corrected chi connectivity index (χ2v) is 6.85. The Bertz CT molecular complexity index is 981. The second-order valence-electron chi connectivity index (χ2n) is 6.85. The molecule has 5 nitrogen and oxygen atoms in total. The largest absolute Gasteiger partial charge is 0.348 e. The summed E-state index contributed by atoms with van der Waals surface area (Å²) in [6.07, 6.45) is 0.951. The van der Waals surface area contributed by atoms with Crippen molar-refractivity contribution in [1.29, 1.82) is 0 Å². The molecule has 0 unspecified atom stereocenters. The molecule has 0 spiro atoms. The van der Waals surface area contributed by atoms with Crippen molar-refractivity contribution in [2.24, 2.45) is 7.05 Å². The fourth-order valence-electron chi connectivity index (χ4n) is 3.67. The van der Waals surface area contributed by atoms with Gasteiger partial charge in [0.15, 0.2) is 0 Å². The summed E-state index contributed by atoms with van der Waals surface area (Å²) >= 11 is 0. The van der Waals surface area contributed by atoms with Gasteiger partial charge in [-0.25, -0.2) is 13.8 Å². The topological polar surface area (TPSA) is 59.0 Å². The highest BCUT2D eigenvalue weighted by Gasteiger charge is 2.30. The van der Waals surface area contributed by atoms with E-state index in [9.17, 15) is 13.6 Å². The molecule has 2 heterocycles. The highest BCUT2D eigenvalue weighted by Crippen LogP contribution is 2.26. The van der Waals surface area contributed by atoms with Gasteiger partial charge in [0.05, 0.1) is 23.6 Å². The number of halogens is 2. The molecule has 1 fully saturated rings. The Kier molecular flexibility index (Phi) is 4.61.